The fraction of sp³-hybridized carbons (Fsp3) is 0.455. The highest BCUT2D eigenvalue weighted by molar-refractivity contribution is 5.80. The van der Waals surface area contributed by atoms with Crippen LogP contribution in [0.1, 0.15) is 31.7 Å². The Labute approximate surface area is 162 Å². The molecular formula is C22H32N4O+2. The minimum Gasteiger partial charge on any atom is -0.350 e. The summed E-state index contributed by atoms with van der Waals surface area (Å²) < 4.78 is 0. The minimum absolute atomic E-state index is 0.0137. The molecule has 5 nitrogen and oxygen atoms in total. The van der Waals surface area contributed by atoms with Crippen molar-refractivity contribution in [2.75, 3.05) is 37.6 Å². The van der Waals surface area contributed by atoms with E-state index in [1.165, 1.54) is 10.5 Å². The van der Waals surface area contributed by atoms with Gasteiger partial charge in [0.25, 0.3) is 11.7 Å². The maximum absolute atomic E-state index is 12.7. The molecule has 144 valence electrons. The number of piperazine rings is 1. The quantitative estimate of drug-likeness (QED) is 0.763. The van der Waals surface area contributed by atoms with E-state index in [4.69, 9.17) is 0 Å². The molecule has 3 rings (SSSR count). The Balaban J connectivity index is 1.48. The molecule has 1 aromatic heterocycles. The van der Waals surface area contributed by atoms with Crippen molar-refractivity contribution in [1.29, 1.82) is 0 Å². The molecule has 2 aromatic rings. The van der Waals surface area contributed by atoms with Gasteiger partial charge in [-0.25, -0.2) is 4.98 Å². The predicted octanol–water partition coefficient (Wildman–Crippen LogP) is 0.904. The van der Waals surface area contributed by atoms with Gasteiger partial charge in [0.15, 0.2) is 6.04 Å². The van der Waals surface area contributed by atoms with E-state index in [1.54, 1.807) is 0 Å². The highest BCUT2D eigenvalue weighted by atomic mass is 16.2. The molecule has 0 bridgehead atoms. The molecule has 1 aliphatic heterocycles. The fourth-order valence-corrected chi connectivity index (χ4v) is 3.83. The van der Waals surface area contributed by atoms with Gasteiger partial charge >= 0.3 is 0 Å². The average Bonchev–Trinajstić information content (AvgIpc) is 2.75. The van der Waals surface area contributed by atoms with Crippen LogP contribution in [0.15, 0.2) is 54.7 Å². The molecule has 1 saturated heterocycles. The lowest BCUT2D eigenvalue weighted by molar-refractivity contribution is -0.914. The third-order valence-corrected chi connectivity index (χ3v) is 5.73. The molecule has 0 spiro atoms. The first kappa shape index (κ1) is 19.4. The van der Waals surface area contributed by atoms with Crippen molar-refractivity contribution in [3.63, 3.8) is 0 Å². The van der Waals surface area contributed by atoms with E-state index in [1.807, 2.05) is 18.3 Å². The number of benzene rings is 1. The zero-order valence-electron chi connectivity index (χ0n) is 16.4. The van der Waals surface area contributed by atoms with E-state index < -0.39 is 0 Å². The van der Waals surface area contributed by atoms with Crippen molar-refractivity contribution in [3.05, 3.63) is 60.3 Å². The van der Waals surface area contributed by atoms with Crippen molar-refractivity contribution in [2.24, 2.45) is 0 Å². The van der Waals surface area contributed by atoms with Crippen molar-refractivity contribution in [2.45, 2.75) is 32.2 Å². The SMILES string of the molecule is CC[C@@H](CNC(=O)[C@@H](C)[NH+]1CCN(c2cccc[nH+]2)CC1)c1ccccc1. The number of nitrogens with zero attached hydrogens (tertiary/aromatic N) is 1. The number of aromatic amines is 1. The van der Waals surface area contributed by atoms with Crippen molar-refractivity contribution in [3.8, 4) is 0 Å². The van der Waals surface area contributed by atoms with Gasteiger partial charge in [0, 0.05) is 18.5 Å². The van der Waals surface area contributed by atoms with E-state index in [-0.39, 0.29) is 11.9 Å². The topological polar surface area (TPSA) is 50.9 Å². The Bertz CT molecular complexity index is 699. The van der Waals surface area contributed by atoms with E-state index in [9.17, 15) is 4.79 Å². The first-order chi connectivity index (χ1) is 13.2. The standard InChI is InChI=1S/C22H30N4O/c1-3-19(20-9-5-4-6-10-20)17-24-22(27)18(2)25-13-15-26(16-14-25)21-11-7-8-12-23-21/h4-12,18-19H,3,13-17H2,1-2H3,(H,24,27)/p+2/t18-,19+/m1/s1. The van der Waals surface area contributed by atoms with E-state index in [2.05, 4.69) is 65.4 Å². The summed E-state index contributed by atoms with van der Waals surface area (Å²) in [5, 5.41) is 3.19. The molecule has 0 unspecified atom stereocenters. The van der Waals surface area contributed by atoms with Gasteiger partial charge in [-0.05, 0) is 25.0 Å². The van der Waals surface area contributed by atoms with Gasteiger partial charge in [-0.1, -0.05) is 43.3 Å². The second-order valence-corrected chi connectivity index (χ2v) is 7.38. The number of carbonyl (C=O) groups excluding carboxylic acids is 1. The highest BCUT2D eigenvalue weighted by Crippen LogP contribution is 2.17. The molecule has 3 N–H and O–H groups in total. The van der Waals surface area contributed by atoms with Gasteiger partial charge in [0.2, 0.25) is 0 Å². The number of aromatic nitrogens is 1. The molecule has 1 fully saturated rings. The summed E-state index contributed by atoms with van der Waals surface area (Å²) >= 11 is 0. The number of H-pyrrole nitrogens is 1. The Kier molecular flexibility index (Phi) is 6.82. The van der Waals surface area contributed by atoms with Crippen LogP contribution in [0.25, 0.3) is 0 Å². The van der Waals surface area contributed by atoms with Crippen molar-refractivity contribution in [1.82, 2.24) is 5.32 Å². The molecule has 2 heterocycles. The van der Waals surface area contributed by atoms with Crippen LogP contribution in [0.4, 0.5) is 5.82 Å². The normalized spacial score (nSPS) is 17.3. The smallest absolute Gasteiger partial charge is 0.278 e. The number of carbonyl (C=O) groups is 1. The molecule has 2 atom stereocenters. The maximum atomic E-state index is 12.7. The van der Waals surface area contributed by atoms with Crippen LogP contribution < -0.4 is 20.1 Å². The van der Waals surface area contributed by atoms with Crippen LogP contribution in [-0.4, -0.2) is 44.7 Å². The van der Waals surface area contributed by atoms with Gasteiger partial charge in [-0.15, -0.1) is 0 Å². The van der Waals surface area contributed by atoms with Crippen LogP contribution in [0.3, 0.4) is 0 Å². The first-order valence-corrected chi connectivity index (χ1v) is 10.1. The molecule has 0 radical (unpaired) electrons. The summed E-state index contributed by atoms with van der Waals surface area (Å²) in [4.78, 5) is 19.7. The second kappa shape index (κ2) is 9.51. The molecule has 5 heteroatoms. The molecular weight excluding hydrogens is 336 g/mol. The van der Waals surface area contributed by atoms with Crippen molar-refractivity contribution >= 4 is 11.7 Å². The maximum Gasteiger partial charge on any atom is 0.278 e. The largest absolute Gasteiger partial charge is 0.350 e. The summed E-state index contributed by atoms with van der Waals surface area (Å²) in [5.41, 5.74) is 1.30. The van der Waals surface area contributed by atoms with Crippen LogP contribution in [0, 0.1) is 0 Å². The monoisotopic (exact) mass is 368 g/mol. The van der Waals surface area contributed by atoms with Crippen LogP contribution >= 0.6 is 0 Å². The average molecular weight is 369 g/mol. The molecule has 1 aliphatic rings. The fourth-order valence-electron chi connectivity index (χ4n) is 3.83. The second-order valence-electron chi connectivity index (χ2n) is 7.38. The third kappa shape index (κ3) is 5.07. The molecule has 0 aliphatic carbocycles. The van der Waals surface area contributed by atoms with Crippen molar-refractivity contribution < 1.29 is 14.7 Å². The number of hydrogen-bond donors (Lipinski definition) is 2. The van der Waals surface area contributed by atoms with Gasteiger partial charge < -0.3 is 10.2 Å². The van der Waals surface area contributed by atoms with Crippen LogP contribution in [0.2, 0.25) is 0 Å². The Morgan fingerprint density at radius 3 is 2.48 bits per heavy atom. The van der Waals surface area contributed by atoms with Gasteiger partial charge in [0.1, 0.15) is 26.2 Å². The van der Waals surface area contributed by atoms with E-state index in [0.29, 0.717) is 12.5 Å². The summed E-state index contributed by atoms with van der Waals surface area (Å²) in [6.07, 6.45) is 2.99. The lowest BCUT2D eigenvalue weighted by Crippen LogP contribution is -3.19. The summed E-state index contributed by atoms with van der Waals surface area (Å²) in [6, 6.07) is 16.6. The lowest BCUT2D eigenvalue weighted by atomic mass is 9.96. The summed E-state index contributed by atoms with van der Waals surface area (Å²) in [6.45, 7) is 8.84. The number of nitrogens with one attached hydrogen (secondary N) is 3. The number of quaternary nitrogens is 1. The predicted molar refractivity (Wildman–Crippen MR) is 108 cm³/mol. The van der Waals surface area contributed by atoms with E-state index in [0.717, 1.165) is 38.4 Å². The highest BCUT2D eigenvalue weighted by Gasteiger charge is 2.32. The number of anilines is 1. The third-order valence-electron chi connectivity index (χ3n) is 5.73. The Morgan fingerprint density at radius 1 is 1.15 bits per heavy atom. The minimum atomic E-state index is -0.0137. The zero-order chi connectivity index (χ0) is 19.1. The number of rotatable bonds is 7. The first-order valence-electron chi connectivity index (χ1n) is 10.1. The van der Waals surface area contributed by atoms with E-state index >= 15 is 0 Å². The zero-order valence-corrected chi connectivity index (χ0v) is 16.4. The lowest BCUT2D eigenvalue weighted by Gasteiger charge is -2.31. The Morgan fingerprint density at radius 2 is 1.85 bits per heavy atom. The molecule has 0 saturated carbocycles. The number of amides is 1. The van der Waals surface area contributed by atoms with Gasteiger partial charge in [-0.2, -0.15) is 0 Å². The molecule has 27 heavy (non-hydrogen) atoms. The molecule has 1 aromatic carbocycles. The Hall–Kier alpha value is -2.40. The van der Waals surface area contributed by atoms with Gasteiger partial charge in [0.05, 0.1) is 6.20 Å². The molecule has 1 amide bonds. The van der Waals surface area contributed by atoms with Gasteiger partial charge in [-0.3, -0.25) is 9.69 Å². The summed E-state index contributed by atoms with van der Waals surface area (Å²) in [7, 11) is 0. The van der Waals surface area contributed by atoms with Crippen LogP contribution in [-0.2, 0) is 4.79 Å². The van der Waals surface area contributed by atoms with Crippen LogP contribution in [0.5, 0.6) is 0 Å². The number of pyridine rings is 1. The summed E-state index contributed by atoms with van der Waals surface area (Å²) in [5.74, 6) is 1.70. The number of hydrogen-bond acceptors (Lipinski definition) is 2.